The first kappa shape index (κ1) is 17.6. The molecule has 122 valence electrons. The maximum atomic E-state index is 12.0. The highest BCUT2D eigenvalue weighted by atomic mass is 16.4. The second-order valence-electron chi connectivity index (χ2n) is 4.72. The van der Waals surface area contributed by atoms with Crippen LogP contribution in [0.3, 0.4) is 0 Å². The largest absolute Gasteiger partial charge is 0.480 e. The second-order valence-corrected chi connectivity index (χ2v) is 4.72. The van der Waals surface area contributed by atoms with Gasteiger partial charge in [-0.05, 0) is 6.92 Å². The predicted molar refractivity (Wildman–Crippen MR) is 74.5 cm³/mol. The van der Waals surface area contributed by atoms with Gasteiger partial charge in [-0.15, -0.1) is 0 Å². The summed E-state index contributed by atoms with van der Waals surface area (Å²) in [6.07, 6.45) is 1.86. The number of aromatic amines is 1. The molecule has 1 aromatic heterocycles. The van der Waals surface area contributed by atoms with Crippen molar-refractivity contribution in [3.63, 3.8) is 0 Å². The van der Waals surface area contributed by atoms with E-state index in [9.17, 15) is 19.5 Å². The molecule has 0 radical (unpaired) electrons. The molecule has 10 nitrogen and oxygen atoms in total. The molecule has 0 aliphatic carbocycles. The highest BCUT2D eigenvalue weighted by Gasteiger charge is 2.26. The number of aliphatic hydroxyl groups excluding tert-OH is 1. The molecule has 22 heavy (non-hydrogen) atoms. The molecule has 0 unspecified atom stereocenters. The van der Waals surface area contributed by atoms with Gasteiger partial charge in [-0.2, -0.15) is 0 Å². The van der Waals surface area contributed by atoms with E-state index in [4.69, 9.17) is 10.8 Å². The lowest BCUT2D eigenvalue weighted by molar-refractivity contribution is -0.138. The summed E-state index contributed by atoms with van der Waals surface area (Å²) in [7, 11) is 0. The third kappa shape index (κ3) is 5.50. The van der Waals surface area contributed by atoms with Gasteiger partial charge < -0.3 is 31.6 Å². The number of imidazole rings is 1. The number of aliphatic carboxylic acids is 1. The van der Waals surface area contributed by atoms with Crippen LogP contribution in [0.4, 0.5) is 0 Å². The lowest BCUT2D eigenvalue weighted by Crippen LogP contribution is -2.55. The smallest absolute Gasteiger partial charge is 0.322 e. The van der Waals surface area contributed by atoms with Gasteiger partial charge in [-0.1, -0.05) is 0 Å². The minimum Gasteiger partial charge on any atom is -0.480 e. The zero-order valence-electron chi connectivity index (χ0n) is 11.9. The highest BCUT2D eigenvalue weighted by molar-refractivity contribution is 5.91. The summed E-state index contributed by atoms with van der Waals surface area (Å²) in [4.78, 5) is 40.9. The van der Waals surface area contributed by atoms with Gasteiger partial charge in [0.05, 0.1) is 12.4 Å². The summed E-state index contributed by atoms with van der Waals surface area (Å²) in [6, 6.07) is -2.24. The average molecular weight is 313 g/mol. The summed E-state index contributed by atoms with van der Waals surface area (Å²) in [6.45, 7) is 0.773. The zero-order chi connectivity index (χ0) is 16.7. The number of amides is 2. The van der Waals surface area contributed by atoms with Crippen LogP contribution in [-0.2, 0) is 20.8 Å². The fourth-order valence-electron chi connectivity index (χ4n) is 1.60. The maximum Gasteiger partial charge on any atom is 0.322 e. The molecule has 2 amide bonds. The van der Waals surface area contributed by atoms with Gasteiger partial charge in [-0.25, -0.2) is 4.98 Å². The SMILES string of the molecule is C[C@@H](O)[C@H](N)C(=O)N[C@@H](Cc1cnc[nH]1)C(=O)NCC(=O)O. The molecule has 1 rings (SSSR count). The summed E-state index contributed by atoms with van der Waals surface area (Å²) in [5.41, 5.74) is 6.07. The van der Waals surface area contributed by atoms with Crippen LogP contribution in [0.25, 0.3) is 0 Å². The van der Waals surface area contributed by atoms with Crippen molar-refractivity contribution >= 4 is 17.8 Å². The number of carboxylic acid groups (broad SMARTS) is 1. The fraction of sp³-hybridized carbons (Fsp3) is 0.500. The molecular formula is C12H19N5O5. The number of nitrogens with zero attached hydrogens (tertiary/aromatic N) is 1. The van der Waals surface area contributed by atoms with Gasteiger partial charge in [0.1, 0.15) is 18.6 Å². The Labute approximate surface area is 126 Å². The molecule has 0 saturated carbocycles. The van der Waals surface area contributed by atoms with Crippen LogP contribution in [0, 0.1) is 0 Å². The number of hydrogen-bond donors (Lipinski definition) is 6. The molecule has 1 heterocycles. The maximum absolute atomic E-state index is 12.0. The number of carboxylic acids is 1. The van der Waals surface area contributed by atoms with Crippen molar-refractivity contribution in [2.24, 2.45) is 5.73 Å². The number of hydrogen-bond acceptors (Lipinski definition) is 6. The molecule has 0 aliphatic rings. The van der Waals surface area contributed by atoms with Crippen LogP contribution in [0.5, 0.6) is 0 Å². The molecular weight excluding hydrogens is 294 g/mol. The number of aliphatic hydroxyl groups is 1. The van der Waals surface area contributed by atoms with Crippen LogP contribution in [0.2, 0.25) is 0 Å². The van der Waals surface area contributed by atoms with E-state index in [1.807, 2.05) is 0 Å². The van der Waals surface area contributed by atoms with Gasteiger partial charge in [0, 0.05) is 18.3 Å². The molecule has 0 aliphatic heterocycles. The summed E-state index contributed by atoms with van der Waals surface area (Å²) in [5.74, 6) is -2.60. The molecule has 0 bridgehead atoms. The molecule has 7 N–H and O–H groups in total. The minimum absolute atomic E-state index is 0.0731. The Balaban J connectivity index is 2.75. The van der Waals surface area contributed by atoms with Gasteiger partial charge in [0.25, 0.3) is 0 Å². The second kappa shape index (κ2) is 8.10. The normalized spacial score (nSPS) is 14.7. The van der Waals surface area contributed by atoms with Crippen LogP contribution in [0.1, 0.15) is 12.6 Å². The number of nitrogens with one attached hydrogen (secondary N) is 3. The number of nitrogens with two attached hydrogens (primary N) is 1. The Morgan fingerprint density at radius 3 is 2.59 bits per heavy atom. The first-order valence-electron chi connectivity index (χ1n) is 6.52. The lowest BCUT2D eigenvalue weighted by atomic mass is 10.1. The van der Waals surface area contributed by atoms with E-state index in [0.29, 0.717) is 5.69 Å². The number of aromatic nitrogens is 2. The predicted octanol–water partition coefficient (Wildman–Crippen LogP) is -2.65. The van der Waals surface area contributed by atoms with Crippen LogP contribution in [0.15, 0.2) is 12.5 Å². The molecule has 1 aromatic rings. The third-order valence-electron chi connectivity index (χ3n) is 2.85. The fourth-order valence-corrected chi connectivity index (χ4v) is 1.60. The van der Waals surface area contributed by atoms with Gasteiger partial charge in [0.15, 0.2) is 0 Å². The van der Waals surface area contributed by atoms with E-state index in [0.717, 1.165) is 0 Å². The van der Waals surface area contributed by atoms with Crippen molar-refractivity contribution in [2.45, 2.75) is 31.5 Å². The molecule has 10 heteroatoms. The number of carbonyl (C=O) groups excluding carboxylic acids is 2. The summed E-state index contributed by atoms with van der Waals surface area (Å²) in [5, 5.41) is 22.4. The first-order valence-corrected chi connectivity index (χ1v) is 6.52. The van der Waals surface area contributed by atoms with Crippen molar-refractivity contribution in [3.05, 3.63) is 18.2 Å². The Morgan fingerprint density at radius 2 is 2.09 bits per heavy atom. The first-order chi connectivity index (χ1) is 10.3. The lowest BCUT2D eigenvalue weighted by Gasteiger charge is -2.21. The quantitative estimate of drug-likeness (QED) is 0.304. The van der Waals surface area contributed by atoms with Crippen molar-refractivity contribution in [1.29, 1.82) is 0 Å². The third-order valence-corrected chi connectivity index (χ3v) is 2.85. The van der Waals surface area contributed by atoms with E-state index >= 15 is 0 Å². The van der Waals surface area contributed by atoms with E-state index in [1.54, 1.807) is 0 Å². The van der Waals surface area contributed by atoms with Crippen molar-refractivity contribution in [1.82, 2.24) is 20.6 Å². The van der Waals surface area contributed by atoms with Crippen molar-refractivity contribution in [2.75, 3.05) is 6.54 Å². The van der Waals surface area contributed by atoms with Crippen LogP contribution in [-0.4, -0.2) is 62.7 Å². The van der Waals surface area contributed by atoms with Crippen LogP contribution < -0.4 is 16.4 Å². The van der Waals surface area contributed by atoms with Crippen LogP contribution >= 0.6 is 0 Å². The number of H-pyrrole nitrogens is 1. The zero-order valence-corrected chi connectivity index (χ0v) is 11.9. The summed E-state index contributed by atoms with van der Waals surface area (Å²) < 4.78 is 0. The number of carbonyl (C=O) groups is 3. The number of rotatable bonds is 8. The van der Waals surface area contributed by atoms with Gasteiger partial charge >= 0.3 is 5.97 Å². The average Bonchev–Trinajstić information content (AvgIpc) is 2.95. The standard InChI is InChI=1S/C12H19N5O5/c1-6(18)10(13)12(22)17-8(2-7-3-14-5-16-7)11(21)15-4-9(19)20/h3,5-6,8,10,18H,2,4,13H2,1H3,(H,14,16)(H,15,21)(H,17,22)(H,19,20)/t6-,8+,10+/m1/s1. The highest BCUT2D eigenvalue weighted by Crippen LogP contribution is 2.00. The molecule has 0 spiro atoms. The van der Waals surface area contributed by atoms with Gasteiger partial charge in [0.2, 0.25) is 11.8 Å². The Bertz CT molecular complexity index is 516. The topological polar surface area (TPSA) is 170 Å². The molecule has 3 atom stereocenters. The minimum atomic E-state index is -1.21. The molecule has 0 saturated heterocycles. The van der Waals surface area contributed by atoms with E-state index in [1.165, 1.54) is 19.4 Å². The van der Waals surface area contributed by atoms with Crippen molar-refractivity contribution < 1.29 is 24.6 Å². The van der Waals surface area contributed by atoms with E-state index in [2.05, 4.69) is 20.6 Å². The van der Waals surface area contributed by atoms with Crippen molar-refractivity contribution in [3.8, 4) is 0 Å². The Morgan fingerprint density at radius 1 is 1.41 bits per heavy atom. The monoisotopic (exact) mass is 313 g/mol. The molecule has 0 fully saturated rings. The summed E-state index contributed by atoms with van der Waals surface area (Å²) >= 11 is 0. The van der Waals surface area contributed by atoms with E-state index < -0.39 is 42.5 Å². The molecule has 0 aromatic carbocycles. The van der Waals surface area contributed by atoms with Gasteiger partial charge in [-0.3, -0.25) is 14.4 Å². The Kier molecular flexibility index (Phi) is 6.47. The Hall–Kier alpha value is -2.46. The van der Waals surface area contributed by atoms with E-state index in [-0.39, 0.29) is 6.42 Å².